The molecule has 0 aliphatic carbocycles. The van der Waals surface area contributed by atoms with Crippen LogP contribution in [-0.4, -0.2) is 91.5 Å². The number of anilines is 1. The molecule has 3 saturated heterocycles. The molecule has 5 rings (SSSR count). The summed E-state index contributed by atoms with van der Waals surface area (Å²) >= 11 is 1.24. The maximum absolute atomic E-state index is 13.2. The van der Waals surface area contributed by atoms with Crippen LogP contribution in [0.3, 0.4) is 0 Å². The number of rotatable bonds is 5. The van der Waals surface area contributed by atoms with Gasteiger partial charge in [0.1, 0.15) is 9.96 Å². The first-order valence-corrected chi connectivity index (χ1v) is 12.9. The van der Waals surface area contributed by atoms with Crippen LogP contribution in [0.15, 0.2) is 46.0 Å². The zero-order valence-corrected chi connectivity index (χ0v) is 18.7. The molecule has 2 bridgehead atoms. The minimum Gasteiger partial charge on any atom is -0.508 e. The molecule has 3 aliphatic heterocycles. The Morgan fingerprint density at radius 2 is 1.94 bits per heavy atom. The Labute approximate surface area is 186 Å². The van der Waals surface area contributed by atoms with Crippen molar-refractivity contribution in [1.29, 1.82) is 0 Å². The zero-order chi connectivity index (χ0) is 21.6. The van der Waals surface area contributed by atoms with Gasteiger partial charge in [-0.05, 0) is 42.1 Å². The van der Waals surface area contributed by atoms with Gasteiger partial charge < -0.3 is 19.8 Å². The zero-order valence-electron chi connectivity index (χ0n) is 17.1. The second-order valence-electron chi connectivity index (χ2n) is 8.42. The Bertz CT molecular complexity index is 999. The number of benzene rings is 1. The average Bonchev–Trinajstić information content (AvgIpc) is 3.35. The number of aromatic hydroxyl groups is 1. The van der Waals surface area contributed by atoms with Crippen molar-refractivity contribution in [2.45, 2.75) is 34.9 Å². The Morgan fingerprint density at radius 3 is 2.65 bits per heavy atom. The molecule has 2 N–H and O–H groups in total. The molecule has 0 amide bonds. The normalized spacial score (nSPS) is 30.0. The van der Waals surface area contributed by atoms with Gasteiger partial charge in [-0.1, -0.05) is 6.07 Å². The van der Waals surface area contributed by atoms with Gasteiger partial charge in [-0.25, -0.2) is 8.42 Å². The smallest absolute Gasteiger partial charge is 0.252 e. The Hall–Kier alpha value is -1.69. The molecule has 1 unspecified atom stereocenters. The van der Waals surface area contributed by atoms with Crippen LogP contribution in [0.2, 0.25) is 0 Å². The van der Waals surface area contributed by atoms with Gasteiger partial charge in [-0.3, -0.25) is 4.90 Å². The van der Waals surface area contributed by atoms with Crippen LogP contribution in [0.5, 0.6) is 5.75 Å². The second-order valence-corrected chi connectivity index (χ2v) is 11.5. The minimum atomic E-state index is -3.53. The number of aliphatic hydroxyl groups is 1. The summed E-state index contributed by atoms with van der Waals surface area (Å²) < 4.78 is 34.0. The number of thiophene rings is 1. The number of hydrogen-bond donors (Lipinski definition) is 2. The van der Waals surface area contributed by atoms with E-state index in [9.17, 15) is 18.6 Å². The molecule has 8 nitrogen and oxygen atoms in total. The maximum Gasteiger partial charge on any atom is 0.252 e. The first kappa shape index (κ1) is 21.2. The number of sulfonamides is 1. The number of phenols is 1. The van der Waals surface area contributed by atoms with Gasteiger partial charge in [-0.2, -0.15) is 4.31 Å². The second kappa shape index (κ2) is 8.34. The van der Waals surface area contributed by atoms with Crippen LogP contribution in [0, 0.1) is 0 Å². The third kappa shape index (κ3) is 3.96. The Balaban J connectivity index is 1.42. The van der Waals surface area contributed by atoms with Crippen LogP contribution in [0.4, 0.5) is 5.69 Å². The number of phenolic OH excluding ortho intramolecular Hbond substituents is 1. The highest BCUT2D eigenvalue weighted by Crippen LogP contribution is 2.33. The van der Waals surface area contributed by atoms with E-state index in [1.807, 2.05) is 12.1 Å². The van der Waals surface area contributed by atoms with Gasteiger partial charge in [0, 0.05) is 37.9 Å². The fraction of sp³-hybridized carbons (Fsp3) is 0.524. The summed E-state index contributed by atoms with van der Waals surface area (Å²) in [7, 11) is -3.53. The highest BCUT2D eigenvalue weighted by Gasteiger charge is 2.46. The van der Waals surface area contributed by atoms with E-state index in [1.54, 1.807) is 34.0 Å². The van der Waals surface area contributed by atoms with Crippen molar-refractivity contribution in [2.24, 2.45) is 0 Å². The predicted octanol–water partition coefficient (Wildman–Crippen LogP) is 1.17. The molecule has 0 radical (unpaired) electrons. The number of aliphatic hydroxyl groups excluding tert-OH is 1. The molecular weight excluding hydrogens is 438 g/mol. The van der Waals surface area contributed by atoms with E-state index in [-0.39, 0.29) is 23.9 Å². The molecular formula is C21H27N3O5S2. The summed E-state index contributed by atoms with van der Waals surface area (Å²) in [4.78, 5) is 4.52. The molecule has 3 fully saturated rings. The summed E-state index contributed by atoms with van der Waals surface area (Å²) in [5.41, 5.74) is 0.956. The third-order valence-electron chi connectivity index (χ3n) is 6.59. The van der Waals surface area contributed by atoms with E-state index in [2.05, 4.69) is 9.80 Å². The number of piperazine rings is 1. The standard InChI is InChI=1S/C21H27N3O5S2/c25-18-5-3-15(4-6-18)23-8-7-22(31(27,28)21-2-1-9-30-21)11-17(23)12-24-16-10-20(26)19(24)14-29-13-16/h1-6,9,16-17,19-20,25-26H,7-8,10-14H2/t16-,17+,19-,20?/m0/s1. The molecule has 1 aromatic carbocycles. The van der Waals surface area contributed by atoms with E-state index in [0.29, 0.717) is 50.0 Å². The van der Waals surface area contributed by atoms with Crippen molar-refractivity contribution in [3.8, 4) is 5.75 Å². The van der Waals surface area contributed by atoms with E-state index < -0.39 is 16.1 Å². The Kier molecular flexibility index (Phi) is 5.70. The van der Waals surface area contributed by atoms with E-state index in [0.717, 1.165) is 5.69 Å². The minimum absolute atomic E-state index is 0.0512. The van der Waals surface area contributed by atoms with E-state index in [4.69, 9.17) is 4.74 Å². The Morgan fingerprint density at radius 1 is 1.13 bits per heavy atom. The predicted molar refractivity (Wildman–Crippen MR) is 118 cm³/mol. The summed E-state index contributed by atoms with van der Waals surface area (Å²) in [6, 6.07) is 10.5. The summed E-state index contributed by atoms with van der Waals surface area (Å²) in [6.45, 7) is 3.07. The largest absolute Gasteiger partial charge is 0.508 e. The number of ether oxygens (including phenoxy) is 1. The van der Waals surface area contributed by atoms with Gasteiger partial charge in [-0.15, -0.1) is 11.3 Å². The molecule has 0 saturated carbocycles. The number of nitrogens with zero attached hydrogens (tertiary/aromatic N) is 3. The first-order chi connectivity index (χ1) is 14.9. The van der Waals surface area contributed by atoms with Crippen LogP contribution < -0.4 is 4.90 Å². The van der Waals surface area contributed by atoms with Gasteiger partial charge >= 0.3 is 0 Å². The molecule has 4 atom stereocenters. The summed E-state index contributed by atoms with van der Waals surface area (Å²) in [6.07, 6.45) is 0.275. The van der Waals surface area contributed by atoms with Crippen LogP contribution in [0.1, 0.15) is 6.42 Å². The maximum atomic E-state index is 13.2. The fourth-order valence-electron chi connectivity index (χ4n) is 5.01. The van der Waals surface area contributed by atoms with Crippen molar-refractivity contribution in [2.75, 3.05) is 44.3 Å². The molecule has 4 heterocycles. The lowest BCUT2D eigenvalue weighted by Gasteiger charge is -2.46. The van der Waals surface area contributed by atoms with Gasteiger partial charge in [0.25, 0.3) is 10.0 Å². The average molecular weight is 466 g/mol. The topological polar surface area (TPSA) is 93.6 Å². The van der Waals surface area contributed by atoms with Gasteiger partial charge in [0.15, 0.2) is 0 Å². The number of hydrogen-bond acceptors (Lipinski definition) is 8. The summed E-state index contributed by atoms with van der Waals surface area (Å²) in [5.74, 6) is 0.202. The lowest BCUT2D eigenvalue weighted by Crippen LogP contribution is -2.61. The molecule has 10 heteroatoms. The van der Waals surface area contributed by atoms with Crippen LogP contribution in [0.25, 0.3) is 0 Å². The van der Waals surface area contributed by atoms with Crippen molar-refractivity contribution < 1.29 is 23.4 Å². The molecule has 0 spiro atoms. The van der Waals surface area contributed by atoms with E-state index >= 15 is 0 Å². The number of morpholine rings is 1. The highest BCUT2D eigenvalue weighted by atomic mass is 32.2. The van der Waals surface area contributed by atoms with Crippen molar-refractivity contribution in [1.82, 2.24) is 9.21 Å². The lowest BCUT2D eigenvalue weighted by molar-refractivity contribution is -0.0345. The first-order valence-electron chi connectivity index (χ1n) is 10.5. The lowest BCUT2D eigenvalue weighted by atomic mass is 10.1. The fourth-order valence-corrected chi connectivity index (χ4v) is 7.62. The highest BCUT2D eigenvalue weighted by molar-refractivity contribution is 7.91. The van der Waals surface area contributed by atoms with E-state index in [1.165, 1.54) is 11.3 Å². The van der Waals surface area contributed by atoms with Crippen LogP contribution >= 0.6 is 11.3 Å². The van der Waals surface area contributed by atoms with Crippen LogP contribution in [-0.2, 0) is 14.8 Å². The number of fused-ring (bicyclic) bond motifs is 2. The third-order valence-corrected chi connectivity index (χ3v) is 9.83. The molecule has 1 aromatic heterocycles. The SMILES string of the molecule is O=S(=O)(c1cccs1)N1CCN(c2ccc(O)cc2)[C@@H](CN2[C@@H]3COC[C@H]2C(O)C3)C1. The monoisotopic (exact) mass is 465 g/mol. The van der Waals surface area contributed by atoms with Gasteiger partial charge in [0.05, 0.1) is 31.4 Å². The molecule has 3 aliphatic rings. The van der Waals surface area contributed by atoms with Gasteiger partial charge in [0.2, 0.25) is 0 Å². The summed E-state index contributed by atoms with van der Waals surface area (Å²) in [5, 5.41) is 21.9. The van der Waals surface area contributed by atoms with Crippen molar-refractivity contribution in [3.05, 3.63) is 41.8 Å². The molecule has 31 heavy (non-hydrogen) atoms. The molecule has 168 valence electrons. The molecule has 2 aromatic rings. The van der Waals surface area contributed by atoms with Crippen molar-refractivity contribution >= 4 is 27.0 Å². The quantitative estimate of drug-likeness (QED) is 0.685. The van der Waals surface area contributed by atoms with Crippen molar-refractivity contribution in [3.63, 3.8) is 0 Å².